The molecule has 2 N–H and O–H groups in total. The summed E-state index contributed by atoms with van der Waals surface area (Å²) in [5.74, 6) is 2.19. The number of aliphatic imine (C=N–C) groups is 2. The average molecular weight is 292 g/mol. The first-order valence-corrected chi connectivity index (χ1v) is 8.31. The molecule has 2 aliphatic rings. The molecule has 2 aliphatic heterocycles. The minimum Gasteiger partial charge on any atom is -0.361 e. The quantitative estimate of drug-likeness (QED) is 0.898. The zero-order valence-electron chi connectivity index (χ0n) is 10.6. The molecule has 0 amide bonds. The summed E-state index contributed by atoms with van der Waals surface area (Å²) in [5.41, 5.74) is 2.37. The van der Waals surface area contributed by atoms with Crippen LogP contribution in [0, 0.1) is 0 Å². The van der Waals surface area contributed by atoms with Gasteiger partial charge in [0.1, 0.15) is 0 Å². The van der Waals surface area contributed by atoms with Crippen molar-refractivity contribution in [1.29, 1.82) is 0 Å². The van der Waals surface area contributed by atoms with E-state index in [0.29, 0.717) is 0 Å². The van der Waals surface area contributed by atoms with Gasteiger partial charge in [0, 0.05) is 23.7 Å². The maximum atomic E-state index is 4.38. The van der Waals surface area contributed by atoms with Crippen molar-refractivity contribution < 1.29 is 0 Å². The smallest absolute Gasteiger partial charge is 0.161 e. The van der Waals surface area contributed by atoms with E-state index >= 15 is 0 Å². The molecule has 0 atom stereocenters. The Hall–Kier alpha value is -1.14. The number of rotatable bonds is 3. The van der Waals surface area contributed by atoms with Gasteiger partial charge in [0.15, 0.2) is 10.3 Å². The van der Waals surface area contributed by atoms with Gasteiger partial charge in [0.25, 0.3) is 0 Å². The van der Waals surface area contributed by atoms with E-state index in [2.05, 4.69) is 44.9 Å². The maximum absolute atomic E-state index is 4.38. The summed E-state index contributed by atoms with van der Waals surface area (Å²) in [6.45, 7) is 2.70. The molecule has 0 saturated carbocycles. The van der Waals surface area contributed by atoms with Gasteiger partial charge in [-0.05, 0) is 17.7 Å². The molecule has 19 heavy (non-hydrogen) atoms. The Morgan fingerprint density at radius 1 is 0.947 bits per heavy atom. The highest BCUT2D eigenvalue weighted by molar-refractivity contribution is 8.14. The van der Waals surface area contributed by atoms with Crippen molar-refractivity contribution in [2.45, 2.75) is 6.54 Å². The summed E-state index contributed by atoms with van der Waals surface area (Å²) in [7, 11) is 0. The van der Waals surface area contributed by atoms with Crippen LogP contribution in [0.25, 0.3) is 0 Å². The van der Waals surface area contributed by atoms with Gasteiger partial charge in [-0.1, -0.05) is 35.7 Å². The second kappa shape index (κ2) is 6.34. The molecule has 0 aromatic heterocycles. The van der Waals surface area contributed by atoms with Crippen LogP contribution in [0.2, 0.25) is 0 Å². The van der Waals surface area contributed by atoms with E-state index in [9.17, 15) is 0 Å². The van der Waals surface area contributed by atoms with Crippen LogP contribution in [-0.2, 0) is 6.54 Å². The highest BCUT2D eigenvalue weighted by atomic mass is 32.2. The third kappa shape index (κ3) is 3.67. The van der Waals surface area contributed by atoms with Gasteiger partial charge < -0.3 is 10.6 Å². The van der Waals surface area contributed by atoms with Crippen molar-refractivity contribution >= 4 is 39.5 Å². The first kappa shape index (κ1) is 12.9. The van der Waals surface area contributed by atoms with E-state index in [1.54, 1.807) is 23.5 Å². The first-order chi connectivity index (χ1) is 9.40. The van der Waals surface area contributed by atoms with Gasteiger partial charge in [0.05, 0.1) is 13.1 Å². The van der Waals surface area contributed by atoms with Crippen molar-refractivity contribution in [3.05, 3.63) is 29.8 Å². The third-order valence-electron chi connectivity index (χ3n) is 2.82. The van der Waals surface area contributed by atoms with Gasteiger partial charge in [-0.2, -0.15) is 0 Å². The summed E-state index contributed by atoms with van der Waals surface area (Å²) in [6, 6.07) is 8.47. The van der Waals surface area contributed by atoms with E-state index in [1.165, 1.54) is 5.56 Å². The third-order valence-corrected chi connectivity index (χ3v) is 4.64. The Morgan fingerprint density at radius 3 is 2.26 bits per heavy atom. The lowest BCUT2D eigenvalue weighted by Crippen LogP contribution is -2.18. The van der Waals surface area contributed by atoms with Crippen molar-refractivity contribution in [3.8, 4) is 0 Å². The molecule has 100 valence electrons. The standard InChI is InChI=1S/C13H16N4S2/c1-3-11(17-13-15-6-8-19-13)4-2-10(1)9-16-12-14-5-7-18-12/h1-4H,5-9H2,(H,14,16)(H,15,17). The molecule has 0 bridgehead atoms. The molecule has 1 aromatic carbocycles. The van der Waals surface area contributed by atoms with Crippen LogP contribution in [0.5, 0.6) is 0 Å². The minimum atomic E-state index is 0.835. The second-order valence-corrected chi connectivity index (χ2v) is 6.41. The summed E-state index contributed by atoms with van der Waals surface area (Å²) in [4.78, 5) is 8.75. The Morgan fingerprint density at radius 2 is 1.63 bits per heavy atom. The lowest BCUT2D eigenvalue weighted by molar-refractivity contribution is 0.923. The zero-order chi connectivity index (χ0) is 12.9. The van der Waals surface area contributed by atoms with E-state index in [1.807, 2.05) is 0 Å². The Kier molecular flexibility index (Phi) is 4.30. The summed E-state index contributed by atoms with van der Waals surface area (Å²) in [5, 5.41) is 8.78. The highest BCUT2D eigenvalue weighted by Gasteiger charge is 2.07. The lowest BCUT2D eigenvalue weighted by atomic mass is 10.2. The fraction of sp³-hybridized carbons (Fsp3) is 0.385. The minimum absolute atomic E-state index is 0.835. The average Bonchev–Trinajstić information content (AvgIpc) is 3.11. The van der Waals surface area contributed by atoms with E-state index in [0.717, 1.165) is 47.2 Å². The topological polar surface area (TPSA) is 48.8 Å². The SMILES string of the molecule is c1cc(NC2=NCCS2)ccc1CNC1=NCCS1. The van der Waals surface area contributed by atoms with Gasteiger partial charge >= 0.3 is 0 Å². The molecule has 0 saturated heterocycles. The normalized spacial score (nSPS) is 18.1. The largest absolute Gasteiger partial charge is 0.361 e. The fourth-order valence-corrected chi connectivity index (χ4v) is 3.34. The number of hydrogen-bond donors (Lipinski definition) is 2. The Bertz CT molecular complexity index is 496. The maximum Gasteiger partial charge on any atom is 0.161 e. The molecule has 0 fully saturated rings. The first-order valence-electron chi connectivity index (χ1n) is 6.34. The zero-order valence-corrected chi connectivity index (χ0v) is 12.2. The predicted octanol–water partition coefficient (Wildman–Crippen LogP) is 2.39. The van der Waals surface area contributed by atoms with Crippen LogP contribution >= 0.6 is 23.5 Å². The van der Waals surface area contributed by atoms with Crippen molar-refractivity contribution in [2.75, 3.05) is 29.9 Å². The van der Waals surface area contributed by atoms with Gasteiger partial charge in [-0.15, -0.1) is 0 Å². The molecule has 4 nitrogen and oxygen atoms in total. The van der Waals surface area contributed by atoms with Crippen LogP contribution in [0.3, 0.4) is 0 Å². The van der Waals surface area contributed by atoms with Gasteiger partial charge in [-0.25, -0.2) is 0 Å². The molecular formula is C13H16N4S2. The number of nitrogens with zero attached hydrogens (tertiary/aromatic N) is 2. The summed E-state index contributed by atoms with van der Waals surface area (Å²) >= 11 is 3.57. The van der Waals surface area contributed by atoms with Gasteiger partial charge in [-0.3, -0.25) is 9.98 Å². The molecule has 3 rings (SSSR count). The number of hydrogen-bond acceptors (Lipinski definition) is 6. The highest BCUT2D eigenvalue weighted by Crippen LogP contribution is 2.17. The predicted molar refractivity (Wildman–Crippen MR) is 86.4 cm³/mol. The van der Waals surface area contributed by atoms with E-state index in [4.69, 9.17) is 0 Å². The van der Waals surface area contributed by atoms with Crippen molar-refractivity contribution in [3.63, 3.8) is 0 Å². The van der Waals surface area contributed by atoms with Crippen molar-refractivity contribution in [2.24, 2.45) is 9.98 Å². The number of anilines is 1. The lowest BCUT2D eigenvalue weighted by Gasteiger charge is -2.08. The molecule has 0 spiro atoms. The molecule has 6 heteroatoms. The van der Waals surface area contributed by atoms with Crippen LogP contribution in [0.4, 0.5) is 5.69 Å². The number of amidine groups is 2. The molecule has 0 unspecified atom stereocenters. The summed E-state index contributed by atoms with van der Waals surface area (Å²) < 4.78 is 0. The Labute approximate surface area is 121 Å². The monoisotopic (exact) mass is 292 g/mol. The van der Waals surface area contributed by atoms with Crippen LogP contribution < -0.4 is 10.6 Å². The van der Waals surface area contributed by atoms with Crippen LogP contribution in [-0.4, -0.2) is 34.9 Å². The fourth-order valence-electron chi connectivity index (χ4n) is 1.86. The van der Waals surface area contributed by atoms with E-state index < -0.39 is 0 Å². The second-order valence-electron chi connectivity index (χ2n) is 4.25. The van der Waals surface area contributed by atoms with Gasteiger partial charge in [0.2, 0.25) is 0 Å². The van der Waals surface area contributed by atoms with Crippen LogP contribution in [0.15, 0.2) is 34.3 Å². The molecular weight excluding hydrogens is 276 g/mol. The van der Waals surface area contributed by atoms with Crippen LogP contribution in [0.1, 0.15) is 5.56 Å². The molecule has 1 aromatic rings. The van der Waals surface area contributed by atoms with E-state index in [-0.39, 0.29) is 0 Å². The molecule has 0 aliphatic carbocycles. The Balaban J connectivity index is 1.53. The number of nitrogens with one attached hydrogen (secondary N) is 2. The number of benzene rings is 1. The van der Waals surface area contributed by atoms with Crippen molar-refractivity contribution in [1.82, 2.24) is 5.32 Å². The number of thioether (sulfide) groups is 2. The summed E-state index contributed by atoms with van der Waals surface area (Å²) in [6.07, 6.45) is 0. The molecule has 0 radical (unpaired) electrons. The molecule has 2 heterocycles.